The molecule has 2 aromatic rings. The summed E-state index contributed by atoms with van der Waals surface area (Å²) in [6.45, 7) is 2.04. The van der Waals surface area contributed by atoms with E-state index in [0.717, 1.165) is 43.3 Å². The van der Waals surface area contributed by atoms with Crippen LogP contribution in [0.4, 0.5) is 5.95 Å². The quantitative estimate of drug-likeness (QED) is 0.872. The van der Waals surface area contributed by atoms with Crippen molar-refractivity contribution in [2.75, 3.05) is 25.5 Å². The molecule has 1 saturated carbocycles. The van der Waals surface area contributed by atoms with Crippen molar-refractivity contribution in [3.63, 3.8) is 0 Å². The Morgan fingerprint density at radius 2 is 1.92 bits per heavy atom. The number of likely N-dealkylation sites (tertiary alicyclic amines) is 1. The lowest BCUT2D eigenvalue weighted by Gasteiger charge is -2.30. The van der Waals surface area contributed by atoms with Crippen LogP contribution in [-0.4, -0.2) is 52.2 Å². The molecular formula is C18H23N5O2. The van der Waals surface area contributed by atoms with Gasteiger partial charge in [0.15, 0.2) is 5.82 Å². The van der Waals surface area contributed by atoms with Gasteiger partial charge in [-0.25, -0.2) is 0 Å². The second kappa shape index (κ2) is 6.84. The molecule has 2 aliphatic rings. The van der Waals surface area contributed by atoms with Gasteiger partial charge in [-0.05, 0) is 63.0 Å². The van der Waals surface area contributed by atoms with Gasteiger partial charge in [0.2, 0.25) is 11.9 Å². The van der Waals surface area contributed by atoms with Gasteiger partial charge in [-0.3, -0.25) is 15.2 Å². The highest BCUT2D eigenvalue weighted by molar-refractivity contribution is 5.91. The van der Waals surface area contributed by atoms with Crippen LogP contribution in [0.3, 0.4) is 0 Å². The molecule has 1 aromatic carbocycles. The summed E-state index contributed by atoms with van der Waals surface area (Å²) in [4.78, 5) is 19.3. The number of hydrogen-bond acceptors (Lipinski definition) is 5. The zero-order valence-electron chi connectivity index (χ0n) is 14.4. The Hall–Kier alpha value is -2.41. The monoisotopic (exact) mass is 341 g/mol. The summed E-state index contributed by atoms with van der Waals surface area (Å²) in [6.07, 6.45) is 4.47. The van der Waals surface area contributed by atoms with Crippen molar-refractivity contribution in [2.45, 2.75) is 31.7 Å². The highest BCUT2D eigenvalue weighted by Crippen LogP contribution is 2.31. The number of piperidine rings is 1. The van der Waals surface area contributed by atoms with Crippen molar-refractivity contribution in [1.29, 1.82) is 0 Å². The summed E-state index contributed by atoms with van der Waals surface area (Å²) < 4.78 is 5.15. The number of aromatic amines is 1. The van der Waals surface area contributed by atoms with Crippen LogP contribution in [0, 0.1) is 5.92 Å². The Balaban J connectivity index is 1.34. The van der Waals surface area contributed by atoms with E-state index in [1.54, 1.807) is 7.11 Å². The number of carbonyl (C=O) groups is 1. The number of H-pyrrole nitrogens is 1. The van der Waals surface area contributed by atoms with Crippen LogP contribution in [0.2, 0.25) is 0 Å². The van der Waals surface area contributed by atoms with Crippen molar-refractivity contribution in [2.24, 2.45) is 5.92 Å². The Morgan fingerprint density at radius 1 is 1.20 bits per heavy atom. The summed E-state index contributed by atoms with van der Waals surface area (Å²) in [5.74, 6) is 1.82. The zero-order chi connectivity index (χ0) is 17.2. The smallest absolute Gasteiger partial charge is 0.249 e. The molecule has 0 radical (unpaired) electrons. The van der Waals surface area contributed by atoms with E-state index in [-0.39, 0.29) is 11.8 Å². The average molecular weight is 341 g/mol. The number of hydrogen-bond donors (Lipinski definition) is 2. The maximum absolute atomic E-state index is 12.4. The van der Waals surface area contributed by atoms with Gasteiger partial charge in [0.25, 0.3) is 0 Å². The largest absolute Gasteiger partial charge is 0.497 e. The molecule has 1 aliphatic heterocycles. The second-order valence-corrected chi connectivity index (χ2v) is 6.77. The van der Waals surface area contributed by atoms with E-state index in [1.165, 1.54) is 12.8 Å². The van der Waals surface area contributed by atoms with Crippen LogP contribution in [0.15, 0.2) is 24.3 Å². The van der Waals surface area contributed by atoms with E-state index in [0.29, 0.717) is 11.8 Å². The molecule has 0 spiro atoms. The highest BCUT2D eigenvalue weighted by Gasteiger charge is 2.33. The first-order chi connectivity index (χ1) is 12.2. The number of anilines is 1. The van der Waals surface area contributed by atoms with Gasteiger partial charge in [0.05, 0.1) is 7.11 Å². The lowest BCUT2D eigenvalue weighted by Crippen LogP contribution is -2.39. The molecule has 1 saturated heterocycles. The second-order valence-electron chi connectivity index (χ2n) is 6.77. The lowest BCUT2D eigenvalue weighted by molar-refractivity contribution is -0.121. The third-order valence-electron chi connectivity index (χ3n) is 5.05. The van der Waals surface area contributed by atoms with E-state index >= 15 is 0 Å². The fraction of sp³-hybridized carbons (Fsp3) is 0.500. The number of benzene rings is 1. The maximum Gasteiger partial charge on any atom is 0.249 e. The molecule has 7 nitrogen and oxygen atoms in total. The SMILES string of the molecule is COc1ccc(-c2nc(NC(=O)C3CCN(C4CC4)CC3)n[nH]2)cc1. The van der Waals surface area contributed by atoms with Crippen molar-refractivity contribution in [3.8, 4) is 17.1 Å². The normalized spacial score (nSPS) is 18.9. The van der Waals surface area contributed by atoms with E-state index in [9.17, 15) is 4.79 Å². The Morgan fingerprint density at radius 3 is 2.56 bits per heavy atom. The van der Waals surface area contributed by atoms with Crippen LogP contribution >= 0.6 is 0 Å². The average Bonchev–Trinajstić information content (AvgIpc) is 3.41. The zero-order valence-corrected chi connectivity index (χ0v) is 14.4. The lowest BCUT2D eigenvalue weighted by atomic mass is 9.96. The van der Waals surface area contributed by atoms with E-state index in [4.69, 9.17) is 4.74 Å². The number of rotatable bonds is 5. The van der Waals surface area contributed by atoms with Gasteiger partial charge in [-0.1, -0.05) is 0 Å². The van der Waals surface area contributed by atoms with Crippen LogP contribution in [-0.2, 0) is 4.79 Å². The molecule has 132 valence electrons. The van der Waals surface area contributed by atoms with E-state index < -0.39 is 0 Å². The van der Waals surface area contributed by atoms with Crippen molar-refractivity contribution in [3.05, 3.63) is 24.3 Å². The summed E-state index contributed by atoms with van der Waals surface area (Å²) in [6, 6.07) is 8.31. The van der Waals surface area contributed by atoms with Crippen LogP contribution in [0.5, 0.6) is 5.75 Å². The van der Waals surface area contributed by atoms with Crippen molar-refractivity contribution in [1.82, 2.24) is 20.1 Å². The first kappa shape index (κ1) is 16.1. The minimum absolute atomic E-state index is 0.0238. The number of ether oxygens (including phenoxy) is 1. The van der Waals surface area contributed by atoms with Crippen LogP contribution in [0.25, 0.3) is 11.4 Å². The van der Waals surface area contributed by atoms with Gasteiger partial charge < -0.3 is 9.64 Å². The van der Waals surface area contributed by atoms with Gasteiger partial charge in [0, 0.05) is 17.5 Å². The first-order valence-corrected chi connectivity index (χ1v) is 8.84. The molecule has 4 rings (SSSR count). The van der Waals surface area contributed by atoms with E-state index in [2.05, 4.69) is 25.4 Å². The molecule has 7 heteroatoms. The van der Waals surface area contributed by atoms with Gasteiger partial charge in [0.1, 0.15) is 5.75 Å². The minimum atomic E-state index is 0.0238. The molecule has 1 aromatic heterocycles. The third-order valence-corrected chi connectivity index (χ3v) is 5.05. The molecule has 1 amide bonds. The number of amides is 1. The Bertz CT molecular complexity index is 730. The fourth-order valence-corrected chi connectivity index (χ4v) is 3.37. The molecule has 0 atom stereocenters. The summed E-state index contributed by atoms with van der Waals surface area (Å²) >= 11 is 0. The van der Waals surface area contributed by atoms with Crippen LogP contribution < -0.4 is 10.1 Å². The molecule has 2 fully saturated rings. The summed E-state index contributed by atoms with van der Waals surface area (Å²) in [5.41, 5.74) is 0.895. The Labute approximate surface area is 146 Å². The molecular weight excluding hydrogens is 318 g/mol. The predicted molar refractivity (Wildman–Crippen MR) is 94.3 cm³/mol. The summed E-state index contributed by atoms with van der Waals surface area (Å²) in [7, 11) is 1.63. The summed E-state index contributed by atoms with van der Waals surface area (Å²) in [5, 5.41) is 9.84. The number of methoxy groups -OCH3 is 1. The van der Waals surface area contributed by atoms with Gasteiger partial charge >= 0.3 is 0 Å². The van der Waals surface area contributed by atoms with Crippen LogP contribution in [0.1, 0.15) is 25.7 Å². The molecule has 25 heavy (non-hydrogen) atoms. The molecule has 0 bridgehead atoms. The highest BCUT2D eigenvalue weighted by atomic mass is 16.5. The van der Waals surface area contributed by atoms with Crippen molar-refractivity contribution >= 4 is 11.9 Å². The number of nitrogens with one attached hydrogen (secondary N) is 2. The maximum atomic E-state index is 12.4. The standard InChI is InChI=1S/C18H23N5O2/c1-25-15-6-2-12(3-7-15)16-19-18(22-21-16)20-17(24)13-8-10-23(11-9-13)14-4-5-14/h2-3,6-7,13-14H,4-5,8-11H2,1H3,(H2,19,20,21,22,24). The number of carbonyl (C=O) groups excluding carboxylic acids is 1. The third kappa shape index (κ3) is 3.66. The number of nitrogens with zero attached hydrogens (tertiary/aromatic N) is 3. The van der Waals surface area contributed by atoms with Gasteiger partial charge in [-0.15, -0.1) is 5.10 Å². The van der Waals surface area contributed by atoms with Gasteiger partial charge in [-0.2, -0.15) is 4.98 Å². The minimum Gasteiger partial charge on any atom is -0.497 e. The molecule has 2 heterocycles. The molecule has 2 N–H and O–H groups in total. The number of aromatic nitrogens is 3. The topological polar surface area (TPSA) is 83.1 Å². The van der Waals surface area contributed by atoms with Crippen molar-refractivity contribution < 1.29 is 9.53 Å². The van der Waals surface area contributed by atoms with E-state index in [1.807, 2.05) is 24.3 Å². The Kier molecular flexibility index (Phi) is 4.40. The predicted octanol–water partition coefficient (Wildman–Crippen LogP) is 2.29. The fourth-order valence-electron chi connectivity index (χ4n) is 3.37. The molecule has 1 aliphatic carbocycles. The molecule has 0 unspecified atom stereocenters. The first-order valence-electron chi connectivity index (χ1n) is 8.84.